The van der Waals surface area contributed by atoms with Crippen molar-refractivity contribution >= 4 is 22.2 Å². The molecule has 1 amide bonds. The second-order valence-corrected chi connectivity index (χ2v) is 9.12. The van der Waals surface area contributed by atoms with Crippen LogP contribution >= 0.6 is 0 Å². The van der Waals surface area contributed by atoms with Crippen molar-refractivity contribution in [2.24, 2.45) is 0 Å². The van der Waals surface area contributed by atoms with Crippen molar-refractivity contribution < 1.29 is 26.6 Å². The first kappa shape index (κ1) is 24.5. The third-order valence-electron chi connectivity index (χ3n) is 5.34. The van der Waals surface area contributed by atoms with E-state index >= 15 is 0 Å². The van der Waals surface area contributed by atoms with E-state index in [0.29, 0.717) is 12.2 Å². The fourth-order valence-electron chi connectivity index (χ4n) is 3.88. The highest BCUT2D eigenvalue weighted by Gasteiger charge is 2.29. The van der Waals surface area contributed by atoms with Crippen LogP contribution in [0, 0.1) is 25.2 Å². The van der Waals surface area contributed by atoms with E-state index in [2.05, 4.69) is 0 Å². The lowest BCUT2D eigenvalue weighted by Crippen LogP contribution is -2.48. The van der Waals surface area contributed by atoms with E-state index in [9.17, 15) is 22.4 Å². The molecule has 10 heteroatoms. The number of morpholine rings is 1. The fourth-order valence-corrected chi connectivity index (χ4v) is 4.53. The number of benzene rings is 1. The van der Waals surface area contributed by atoms with E-state index in [0.717, 1.165) is 22.8 Å². The maximum absolute atomic E-state index is 13.0. The molecule has 1 unspecified atom stereocenters. The zero-order valence-electron chi connectivity index (χ0n) is 18.7. The Morgan fingerprint density at radius 2 is 2.03 bits per heavy atom. The third-order valence-corrected chi connectivity index (χ3v) is 6.11. The number of hydrogen-bond donors (Lipinski definition) is 0. The second-order valence-electron chi connectivity index (χ2n) is 7.71. The van der Waals surface area contributed by atoms with Crippen LogP contribution in [-0.4, -0.2) is 62.0 Å². The van der Waals surface area contributed by atoms with Gasteiger partial charge in [0, 0.05) is 30.2 Å². The molecule has 1 aromatic carbocycles. The lowest BCUT2D eigenvalue weighted by molar-refractivity contribution is -0.133. The van der Waals surface area contributed by atoms with Gasteiger partial charge in [-0.1, -0.05) is 0 Å². The summed E-state index contributed by atoms with van der Waals surface area (Å²) in [5, 5.41) is 9.63. The molecule has 2 heterocycles. The standard InChI is InChI=1S/C23H26FN3O5S/c1-4-31-21-7-5-20(6-8-21)27-16(2)11-18(17(27)3)12-19(13-25)23(28)26-9-10-32-22(14-26)15-33(24,29)30/h5-8,11-12,22H,4,9-10,14-15H2,1-3H3/b19-12+. The van der Waals surface area contributed by atoms with Gasteiger partial charge >= 0.3 is 10.2 Å². The second kappa shape index (κ2) is 10.2. The van der Waals surface area contributed by atoms with E-state index < -0.39 is 28.0 Å². The number of nitriles is 1. The van der Waals surface area contributed by atoms with Crippen molar-refractivity contribution in [3.05, 3.63) is 52.9 Å². The lowest BCUT2D eigenvalue weighted by Gasteiger charge is -2.32. The molecule has 33 heavy (non-hydrogen) atoms. The topological polar surface area (TPSA) is 102 Å². The summed E-state index contributed by atoms with van der Waals surface area (Å²) in [6.45, 7) is 6.47. The van der Waals surface area contributed by atoms with Gasteiger partial charge < -0.3 is 18.9 Å². The molecule has 2 aromatic rings. The van der Waals surface area contributed by atoms with Crippen molar-refractivity contribution in [1.29, 1.82) is 5.26 Å². The van der Waals surface area contributed by atoms with Gasteiger partial charge in [0.2, 0.25) is 0 Å². The minimum atomic E-state index is -4.74. The SMILES string of the molecule is CCOc1ccc(-n2c(C)cc(/C=C(\C#N)C(=O)N3CCOC(CS(=O)(=O)F)C3)c2C)cc1. The zero-order chi connectivity index (χ0) is 24.2. The normalized spacial score (nSPS) is 17.0. The predicted molar refractivity (Wildman–Crippen MR) is 121 cm³/mol. The molecular formula is C23H26FN3O5S. The number of carbonyl (C=O) groups excluding carboxylic acids is 1. The van der Waals surface area contributed by atoms with Gasteiger partial charge in [-0.3, -0.25) is 4.79 Å². The summed E-state index contributed by atoms with van der Waals surface area (Å²) in [5.74, 6) is -0.607. The molecule has 1 aliphatic heterocycles. The van der Waals surface area contributed by atoms with Crippen molar-refractivity contribution in [3.63, 3.8) is 0 Å². The van der Waals surface area contributed by atoms with Crippen LogP contribution < -0.4 is 4.74 Å². The highest BCUT2D eigenvalue weighted by molar-refractivity contribution is 7.86. The molecular weight excluding hydrogens is 449 g/mol. The summed E-state index contributed by atoms with van der Waals surface area (Å²) in [7, 11) is -4.74. The minimum absolute atomic E-state index is 0.0664. The Labute approximate surface area is 193 Å². The smallest absolute Gasteiger partial charge is 0.305 e. The summed E-state index contributed by atoms with van der Waals surface area (Å²) < 4.78 is 47.6. The summed E-state index contributed by atoms with van der Waals surface area (Å²) >= 11 is 0. The Morgan fingerprint density at radius 3 is 2.64 bits per heavy atom. The van der Waals surface area contributed by atoms with Gasteiger partial charge in [-0.15, -0.1) is 3.89 Å². The van der Waals surface area contributed by atoms with Gasteiger partial charge in [-0.25, -0.2) is 0 Å². The van der Waals surface area contributed by atoms with Crippen LogP contribution in [0.2, 0.25) is 0 Å². The summed E-state index contributed by atoms with van der Waals surface area (Å²) in [5.41, 5.74) is 3.31. The van der Waals surface area contributed by atoms with Gasteiger partial charge in [0.05, 0.1) is 19.3 Å². The van der Waals surface area contributed by atoms with Crippen molar-refractivity contribution in [2.45, 2.75) is 26.9 Å². The highest BCUT2D eigenvalue weighted by Crippen LogP contribution is 2.25. The van der Waals surface area contributed by atoms with Crippen molar-refractivity contribution in [2.75, 3.05) is 32.1 Å². The first-order valence-corrected chi connectivity index (χ1v) is 12.1. The molecule has 0 aliphatic carbocycles. The molecule has 1 saturated heterocycles. The largest absolute Gasteiger partial charge is 0.494 e. The average Bonchev–Trinajstić information content (AvgIpc) is 3.04. The van der Waals surface area contributed by atoms with E-state index in [1.54, 1.807) is 0 Å². The van der Waals surface area contributed by atoms with Crippen LogP contribution in [0.1, 0.15) is 23.9 Å². The maximum atomic E-state index is 13.0. The average molecular weight is 476 g/mol. The predicted octanol–water partition coefficient (Wildman–Crippen LogP) is 2.93. The quantitative estimate of drug-likeness (QED) is 0.347. The van der Waals surface area contributed by atoms with Crippen LogP contribution in [0.3, 0.4) is 0 Å². The molecule has 0 bridgehead atoms. The van der Waals surface area contributed by atoms with Gasteiger partial charge in [-0.05, 0) is 62.7 Å². The highest BCUT2D eigenvalue weighted by atomic mass is 32.3. The molecule has 0 radical (unpaired) electrons. The van der Waals surface area contributed by atoms with E-state index in [1.165, 1.54) is 11.0 Å². The number of halogens is 1. The molecule has 3 rings (SSSR count). The lowest BCUT2D eigenvalue weighted by atomic mass is 10.1. The van der Waals surface area contributed by atoms with Crippen molar-refractivity contribution in [3.8, 4) is 17.5 Å². The first-order chi connectivity index (χ1) is 15.6. The molecule has 1 aliphatic rings. The van der Waals surface area contributed by atoms with Gasteiger partial charge in [0.15, 0.2) is 0 Å². The number of aryl methyl sites for hydroxylation is 1. The Hall–Kier alpha value is -3.16. The number of amides is 1. The summed E-state index contributed by atoms with van der Waals surface area (Å²) in [4.78, 5) is 14.3. The van der Waals surface area contributed by atoms with Crippen LogP contribution in [0.5, 0.6) is 5.75 Å². The zero-order valence-corrected chi connectivity index (χ0v) is 19.6. The van der Waals surface area contributed by atoms with Gasteiger partial charge in [0.25, 0.3) is 5.91 Å². The Morgan fingerprint density at radius 1 is 1.33 bits per heavy atom. The fraction of sp³-hybridized carbons (Fsp3) is 0.391. The van der Waals surface area contributed by atoms with Crippen LogP contribution in [0.25, 0.3) is 11.8 Å². The molecule has 1 fully saturated rings. The van der Waals surface area contributed by atoms with Crippen LogP contribution in [0.15, 0.2) is 35.9 Å². The molecule has 0 N–H and O–H groups in total. The maximum Gasteiger partial charge on any atom is 0.305 e. The minimum Gasteiger partial charge on any atom is -0.494 e. The third kappa shape index (κ3) is 6.00. The van der Waals surface area contributed by atoms with Crippen molar-refractivity contribution in [1.82, 2.24) is 9.47 Å². The summed E-state index contributed by atoms with van der Waals surface area (Å²) in [6, 6.07) is 11.4. The van der Waals surface area contributed by atoms with E-state index in [4.69, 9.17) is 9.47 Å². The number of hydrogen-bond acceptors (Lipinski definition) is 6. The molecule has 0 saturated carbocycles. The molecule has 1 aromatic heterocycles. The molecule has 176 valence electrons. The first-order valence-electron chi connectivity index (χ1n) is 10.5. The number of rotatable bonds is 7. The van der Waals surface area contributed by atoms with E-state index in [-0.39, 0.29) is 25.3 Å². The van der Waals surface area contributed by atoms with Crippen LogP contribution in [-0.2, 0) is 19.8 Å². The Balaban J connectivity index is 1.84. The molecule has 1 atom stereocenters. The van der Waals surface area contributed by atoms with Crippen LogP contribution in [0.4, 0.5) is 3.89 Å². The molecule has 8 nitrogen and oxygen atoms in total. The number of nitrogens with zero attached hydrogens (tertiary/aromatic N) is 3. The number of aromatic nitrogens is 1. The Kier molecular flexibility index (Phi) is 7.56. The Bertz CT molecular complexity index is 1200. The monoisotopic (exact) mass is 475 g/mol. The number of ether oxygens (including phenoxy) is 2. The molecule has 0 spiro atoms. The summed E-state index contributed by atoms with van der Waals surface area (Å²) in [6.07, 6.45) is 0.550. The van der Waals surface area contributed by atoms with Gasteiger partial charge in [-0.2, -0.15) is 13.7 Å². The van der Waals surface area contributed by atoms with Gasteiger partial charge in [0.1, 0.15) is 23.1 Å². The number of carbonyl (C=O) groups is 1. The van der Waals surface area contributed by atoms with E-state index in [1.807, 2.05) is 61.7 Å².